The van der Waals surface area contributed by atoms with E-state index in [1.165, 1.54) is 12.1 Å². The molecule has 1 saturated heterocycles. The van der Waals surface area contributed by atoms with Gasteiger partial charge in [0, 0.05) is 13.6 Å². The Morgan fingerprint density at radius 2 is 2.04 bits per heavy atom. The van der Waals surface area contributed by atoms with Gasteiger partial charge in [0.1, 0.15) is 11.6 Å². The van der Waals surface area contributed by atoms with E-state index in [9.17, 15) is 9.18 Å². The lowest BCUT2D eigenvalue weighted by Crippen LogP contribution is -2.30. The van der Waals surface area contributed by atoms with Crippen molar-refractivity contribution in [3.05, 3.63) is 42.0 Å². The predicted octanol–water partition coefficient (Wildman–Crippen LogP) is 2.30. The van der Waals surface area contributed by atoms with E-state index < -0.39 is 0 Å². The molecule has 148 valence electrons. The standard InChI is InChI=1S/C18H24FN5O2.ClH/c1-23(11-2-12-26-16-5-3-14(19)4-6-16)18(25)17-13-24(22-21-17)15-7-9-20-10-8-15;/h3-6,13,15,20H,2,7-12H2,1H3;1H. The largest absolute Gasteiger partial charge is 0.494 e. The number of nitrogens with zero attached hydrogens (tertiary/aromatic N) is 4. The molecule has 7 nitrogen and oxygen atoms in total. The summed E-state index contributed by atoms with van der Waals surface area (Å²) in [6.45, 7) is 2.91. The maximum Gasteiger partial charge on any atom is 0.275 e. The third-order valence-electron chi connectivity index (χ3n) is 4.48. The molecule has 0 spiro atoms. The van der Waals surface area contributed by atoms with Crippen molar-refractivity contribution in [2.45, 2.75) is 25.3 Å². The molecule has 1 aromatic carbocycles. The smallest absolute Gasteiger partial charge is 0.275 e. The molecule has 1 aliphatic heterocycles. The van der Waals surface area contributed by atoms with Crippen LogP contribution in [0.2, 0.25) is 0 Å². The second-order valence-electron chi connectivity index (χ2n) is 6.45. The number of amides is 1. The molecular formula is C18H25ClFN5O2. The molecule has 9 heteroatoms. The van der Waals surface area contributed by atoms with Crippen molar-refractivity contribution in [1.29, 1.82) is 0 Å². The highest BCUT2D eigenvalue weighted by Crippen LogP contribution is 2.17. The molecule has 0 saturated carbocycles. The van der Waals surface area contributed by atoms with Crippen LogP contribution in [0.1, 0.15) is 35.8 Å². The molecule has 2 aromatic rings. The Morgan fingerprint density at radius 3 is 2.74 bits per heavy atom. The van der Waals surface area contributed by atoms with Gasteiger partial charge in [0.15, 0.2) is 5.69 Å². The number of rotatable bonds is 7. The molecule has 0 atom stereocenters. The average molecular weight is 398 g/mol. The molecule has 0 unspecified atom stereocenters. The number of hydrogen-bond acceptors (Lipinski definition) is 5. The fraction of sp³-hybridized carbons (Fsp3) is 0.500. The van der Waals surface area contributed by atoms with Crippen LogP contribution in [0.15, 0.2) is 30.5 Å². The molecule has 1 N–H and O–H groups in total. The zero-order valence-electron chi connectivity index (χ0n) is 15.3. The Bertz CT molecular complexity index is 719. The highest BCUT2D eigenvalue weighted by atomic mass is 35.5. The SMILES string of the molecule is CN(CCCOc1ccc(F)cc1)C(=O)c1cn(C2CCNCC2)nn1.Cl. The van der Waals surface area contributed by atoms with E-state index in [-0.39, 0.29) is 24.1 Å². The van der Waals surface area contributed by atoms with Crippen molar-refractivity contribution in [1.82, 2.24) is 25.2 Å². The Balaban J connectivity index is 0.00000261. The summed E-state index contributed by atoms with van der Waals surface area (Å²) in [5.41, 5.74) is 0.366. The number of carbonyl (C=O) groups is 1. The first-order chi connectivity index (χ1) is 12.6. The normalized spacial score (nSPS) is 14.4. The van der Waals surface area contributed by atoms with E-state index in [0.29, 0.717) is 37.1 Å². The number of nitrogens with one attached hydrogen (secondary N) is 1. The van der Waals surface area contributed by atoms with Crippen LogP contribution < -0.4 is 10.1 Å². The van der Waals surface area contributed by atoms with Gasteiger partial charge in [0.05, 0.1) is 18.8 Å². The van der Waals surface area contributed by atoms with Crippen molar-refractivity contribution in [3.63, 3.8) is 0 Å². The lowest BCUT2D eigenvalue weighted by molar-refractivity contribution is 0.0782. The molecule has 2 heterocycles. The Kier molecular flexibility index (Phi) is 7.99. The second kappa shape index (κ2) is 10.2. The van der Waals surface area contributed by atoms with Crippen LogP contribution >= 0.6 is 12.4 Å². The zero-order chi connectivity index (χ0) is 18.4. The molecule has 1 fully saturated rings. The highest BCUT2D eigenvalue weighted by molar-refractivity contribution is 5.91. The maximum atomic E-state index is 12.8. The van der Waals surface area contributed by atoms with E-state index >= 15 is 0 Å². The summed E-state index contributed by atoms with van der Waals surface area (Å²) in [5, 5.41) is 11.5. The average Bonchev–Trinajstić information content (AvgIpc) is 3.17. The van der Waals surface area contributed by atoms with Crippen molar-refractivity contribution in [3.8, 4) is 5.75 Å². The number of aromatic nitrogens is 3. The van der Waals surface area contributed by atoms with Crippen molar-refractivity contribution < 1.29 is 13.9 Å². The first kappa shape index (κ1) is 21.1. The van der Waals surface area contributed by atoms with Crippen LogP contribution in [0.5, 0.6) is 5.75 Å². The van der Waals surface area contributed by atoms with Crippen LogP contribution in [0.25, 0.3) is 0 Å². The molecule has 3 rings (SSSR count). The van der Waals surface area contributed by atoms with Gasteiger partial charge in [-0.15, -0.1) is 17.5 Å². The van der Waals surface area contributed by atoms with Gasteiger partial charge >= 0.3 is 0 Å². The van der Waals surface area contributed by atoms with Gasteiger partial charge in [-0.2, -0.15) is 0 Å². The Hall–Kier alpha value is -2.19. The lowest BCUT2D eigenvalue weighted by Gasteiger charge is -2.22. The highest BCUT2D eigenvalue weighted by Gasteiger charge is 2.20. The first-order valence-electron chi connectivity index (χ1n) is 8.90. The van der Waals surface area contributed by atoms with Crippen LogP contribution in [-0.2, 0) is 0 Å². The summed E-state index contributed by atoms with van der Waals surface area (Å²) >= 11 is 0. The monoisotopic (exact) mass is 397 g/mol. The van der Waals surface area contributed by atoms with E-state index in [1.807, 2.05) is 0 Å². The van der Waals surface area contributed by atoms with Gasteiger partial charge in [-0.3, -0.25) is 4.79 Å². The minimum Gasteiger partial charge on any atom is -0.494 e. The van der Waals surface area contributed by atoms with E-state index in [4.69, 9.17) is 4.74 Å². The van der Waals surface area contributed by atoms with Crippen molar-refractivity contribution in [2.75, 3.05) is 33.3 Å². The second-order valence-corrected chi connectivity index (χ2v) is 6.45. The van der Waals surface area contributed by atoms with E-state index in [1.54, 1.807) is 35.0 Å². The maximum absolute atomic E-state index is 12.8. The van der Waals surface area contributed by atoms with Gasteiger partial charge in [-0.05, 0) is 56.6 Å². The number of ether oxygens (including phenoxy) is 1. The minimum absolute atomic E-state index is 0. The van der Waals surface area contributed by atoms with Gasteiger partial charge in [0.2, 0.25) is 0 Å². The summed E-state index contributed by atoms with van der Waals surface area (Å²) in [6.07, 6.45) is 4.40. The lowest BCUT2D eigenvalue weighted by atomic mass is 10.1. The number of benzene rings is 1. The van der Waals surface area contributed by atoms with E-state index in [0.717, 1.165) is 25.9 Å². The molecule has 1 aromatic heterocycles. The molecular weight excluding hydrogens is 373 g/mol. The molecule has 0 bridgehead atoms. The van der Waals surface area contributed by atoms with Crippen LogP contribution in [0.3, 0.4) is 0 Å². The minimum atomic E-state index is -0.291. The fourth-order valence-corrected chi connectivity index (χ4v) is 2.94. The third kappa shape index (κ3) is 5.90. The number of hydrogen-bond donors (Lipinski definition) is 1. The molecule has 27 heavy (non-hydrogen) atoms. The van der Waals surface area contributed by atoms with E-state index in [2.05, 4.69) is 15.6 Å². The van der Waals surface area contributed by atoms with Crippen LogP contribution in [0.4, 0.5) is 4.39 Å². The number of carbonyl (C=O) groups excluding carboxylic acids is 1. The summed E-state index contributed by atoms with van der Waals surface area (Å²) in [6, 6.07) is 6.19. The molecule has 1 amide bonds. The Morgan fingerprint density at radius 1 is 1.33 bits per heavy atom. The summed E-state index contributed by atoms with van der Waals surface area (Å²) in [5.74, 6) is 0.178. The first-order valence-corrected chi connectivity index (χ1v) is 8.90. The summed E-state index contributed by atoms with van der Waals surface area (Å²) in [4.78, 5) is 14.1. The molecule has 0 aliphatic carbocycles. The van der Waals surface area contributed by atoms with Gasteiger partial charge in [-0.25, -0.2) is 9.07 Å². The van der Waals surface area contributed by atoms with Gasteiger partial charge in [0.25, 0.3) is 5.91 Å². The summed E-state index contributed by atoms with van der Waals surface area (Å²) < 4.78 is 20.2. The fourth-order valence-electron chi connectivity index (χ4n) is 2.94. The van der Waals surface area contributed by atoms with Gasteiger partial charge in [-0.1, -0.05) is 5.21 Å². The predicted molar refractivity (Wildman–Crippen MR) is 102 cm³/mol. The number of piperidine rings is 1. The molecule has 0 radical (unpaired) electrons. The zero-order valence-corrected chi connectivity index (χ0v) is 16.1. The summed E-state index contributed by atoms with van der Waals surface area (Å²) in [7, 11) is 1.74. The molecule has 1 aliphatic rings. The van der Waals surface area contributed by atoms with Crippen LogP contribution in [0, 0.1) is 5.82 Å². The topological polar surface area (TPSA) is 72.3 Å². The number of halogens is 2. The Labute approximate surface area is 164 Å². The van der Waals surface area contributed by atoms with Gasteiger partial charge < -0.3 is 15.0 Å². The van der Waals surface area contributed by atoms with Crippen LogP contribution in [-0.4, -0.2) is 59.1 Å². The van der Waals surface area contributed by atoms with Crippen molar-refractivity contribution >= 4 is 18.3 Å². The third-order valence-corrected chi connectivity index (χ3v) is 4.48. The quantitative estimate of drug-likeness (QED) is 0.726. The van der Waals surface area contributed by atoms with Crippen molar-refractivity contribution in [2.24, 2.45) is 0 Å².